The van der Waals surface area contributed by atoms with E-state index in [9.17, 15) is 18.3 Å². The van der Waals surface area contributed by atoms with Gasteiger partial charge in [0.05, 0.1) is 15.5 Å². The first kappa shape index (κ1) is 23.4. The summed E-state index contributed by atoms with van der Waals surface area (Å²) in [6, 6.07) is 5.45. The maximum Gasteiger partial charge on any atom is 0.243 e. The standard InChI is InChI=1S/C23H31N3O4S2/c1-15-9-10-19(12-20(15)32(29,30)26-11-5-6-17(13-26)14-27)21-16(2)24-23(31-21)25-22(28)18-7-3-4-8-18/h9-10,12,17-18,27H,3-8,11,13-14H2,1-2H3,(H,24,25,28). The fraction of sp³-hybridized carbons (Fsp3) is 0.565. The van der Waals surface area contributed by atoms with E-state index in [4.69, 9.17) is 0 Å². The molecule has 9 heteroatoms. The van der Waals surface area contributed by atoms with E-state index in [-0.39, 0.29) is 29.2 Å². The van der Waals surface area contributed by atoms with Crippen molar-refractivity contribution >= 4 is 32.4 Å². The summed E-state index contributed by atoms with van der Waals surface area (Å²) < 4.78 is 28.3. The lowest BCUT2D eigenvalue weighted by atomic mass is 10.0. The van der Waals surface area contributed by atoms with Crippen LogP contribution in [-0.4, -0.2) is 48.4 Å². The number of hydrogen-bond acceptors (Lipinski definition) is 6. The zero-order valence-electron chi connectivity index (χ0n) is 18.6. The predicted molar refractivity (Wildman–Crippen MR) is 126 cm³/mol. The van der Waals surface area contributed by atoms with Crippen molar-refractivity contribution in [2.24, 2.45) is 11.8 Å². The van der Waals surface area contributed by atoms with E-state index >= 15 is 0 Å². The highest BCUT2D eigenvalue weighted by atomic mass is 32.2. The molecule has 2 fully saturated rings. The number of aromatic nitrogens is 1. The average molecular weight is 478 g/mol. The highest BCUT2D eigenvalue weighted by Crippen LogP contribution is 2.36. The Kier molecular flexibility index (Phi) is 7.00. The number of nitrogens with zero attached hydrogens (tertiary/aromatic N) is 2. The minimum Gasteiger partial charge on any atom is -0.396 e. The van der Waals surface area contributed by atoms with E-state index in [2.05, 4.69) is 10.3 Å². The monoisotopic (exact) mass is 477 g/mol. The molecule has 0 radical (unpaired) electrons. The van der Waals surface area contributed by atoms with Crippen LogP contribution >= 0.6 is 11.3 Å². The molecule has 0 spiro atoms. The first-order chi connectivity index (χ1) is 15.3. The number of piperidine rings is 1. The van der Waals surface area contributed by atoms with Crippen LogP contribution in [0.3, 0.4) is 0 Å². The number of rotatable bonds is 6. The molecule has 1 aromatic carbocycles. The largest absolute Gasteiger partial charge is 0.396 e. The maximum atomic E-state index is 13.4. The van der Waals surface area contributed by atoms with Crippen molar-refractivity contribution in [1.29, 1.82) is 0 Å². The number of hydrogen-bond donors (Lipinski definition) is 2. The van der Waals surface area contributed by atoms with E-state index in [0.717, 1.165) is 54.7 Å². The second-order valence-corrected chi connectivity index (χ2v) is 11.8. The van der Waals surface area contributed by atoms with Crippen LogP contribution in [0.15, 0.2) is 23.1 Å². The summed E-state index contributed by atoms with van der Waals surface area (Å²) in [6.07, 6.45) is 5.64. The van der Waals surface area contributed by atoms with Gasteiger partial charge in [-0.25, -0.2) is 13.4 Å². The van der Waals surface area contributed by atoms with E-state index in [0.29, 0.717) is 23.8 Å². The minimum absolute atomic E-state index is 0.000452. The first-order valence-corrected chi connectivity index (χ1v) is 13.6. The summed E-state index contributed by atoms with van der Waals surface area (Å²) in [6.45, 7) is 4.50. The van der Waals surface area contributed by atoms with Gasteiger partial charge in [-0.15, -0.1) is 0 Å². The lowest BCUT2D eigenvalue weighted by Crippen LogP contribution is -2.41. The Labute approximate surface area is 193 Å². The van der Waals surface area contributed by atoms with Gasteiger partial charge in [0.25, 0.3) is 0 Å². The lowest BCUT2D eigenvalue weighted by molar-refractivity contribution is -0.119. The normalized spacial score (nSPS) is 20.5. The number of carbonyl (C=O) groups is 1. The smallest absolute Gasteiger partial charge is 0.243 e. The third-order valence-corrected chi connectivity index (χ3v) is 9.69. The van der Waals surface area contributed by atoms with Gasteiger partial charge in [0.1, 0.15) is 0 Å². The Hall–Kier alpha value is -1.81. The Bertz CT molecular complexity index is 1090. The van der Waals surface area contributed by atoms with Crippen LogP contribution < -0.4 is 5.32 Å². The van der Waals surface area contributed by atoms with Crippen LogP contribution in [0.4, 0.5) is 5.13 Å². The van der Waals surface area contributed by atoms with Gasteiger partial charge < -0.3 is 10.4 Å². The Balaban J connectivity index is 1.60. The summed E-state index contributed by atoms with van der Waals surface area (Å²) >= 11 is 1.38. The second kappa shape index (κ2) is 9.59. The number of carbonyl (C=O) groups excluding carboxylic acids is 1. The highest BCUT2D eigenvalue weighted by Gasteiger charge is 2.31. The number of aryl methyl sites for hydroxylation is 2. The molecular formula is C23H31N3O4S2. The van der Waals surface area contributed by atoms with Gasteiger partial charge in [-0.3, -0.25) is 4.79 Å². The Morgan fingerprint density at radius 3 is 2.69 bits per heavy atom. The van der Waals surface area contributed by atoms with E-state index in [1.54, 1.807) is 13.0 Å². The minimum atomic E-state index is -3.67. The van der Waals surface area contributed by atoms with Gasteiger partial charge in [-0.1, -0.05) is 36.3 Å². The van der Waals surface area contributed by atoms with Gasteiger partial charge in [0, 0.05) is 25.6 Å². The molecule has 1 aliphatic carbocycles. The van der Waals surface area contributed by atoms with Gasteiger partial charge in [0.15, 0.2) is 5.13 Å². The number of amides is 1. The molecule has 0 bridgehead atoms. The van der Waals surface area contributed by atoms with E-state index in [1.165, 1.54) is 15.6 Å². The van der Waals surface area contributed by atoms with Crippen LogP contribution in [0.2, 0.25) is 0 Å². The number of thiazole rings is 1. The lowest BCUT2D eigenvalue weighted by Gasteiger charge is -2.31. The quantitative estimate of drug-likeness (QED) is 0.656. The zero-order chi connectivity index (χ0) is 22.9. The number of anilines is 1. The molecule has 174 valence electrons. The van der Waals surface area contributed by atoms with Crippen molar-refractivity contribution in [3.05, 3.63) is 29.5 Å². The number of aliphatic hydroxyl groups is 1. The summed E-state index contributed by atoms with van der Waals surface area (Å²) in [7, 11) is -3.67. The molecule has 1 saturated carbocycles. The Morgan fingerprint density at radius 2 is 1.97 bits per heavy atom. The van der Waals surface area contributed by atoms with Crippen molar-refractivity contribution in [1.82, 2.24) is 9.29 Å². The van der Waals surface area contributed by atoms with Crippen LogP contribution in [-0.2, 0) is 14.8 Å². The molecule has 4 rings (SSSR count). The molecular weight excluding hydrogens is 446 g/mol. The van der Waals surface area contributed by atoms with Crippen LogP contribution in [0.25, 0.3) is 10.4 Å². The molecule has 1 unspecified atom stereocenters. The topological polar surface area (TPSA) is 99.6 Å². The maximum absolute atomic E-state index is 13.4. The molecule has 7 nitrogen and oxygen atoms in total. The number of sulfonamides is 1. The third kappa shape index (κ3) is 4.76. The summed E-state index contributed by atoms with van der Waals surface area (Å²) in [5, 5.41) is 13.0. The van der Waals surface area contributed by atoms with Gasteiger partial charge >= 0.3 is 0 Å². The molecule has 2 heterocycles. The van der Waals surface area contributed by atoms with Crippen molar-refractivity contribution in [3.8, 4) is 10.4 Å². The van der Waals surface area contributed by atoms with Crippen LogP contribution in [0.1, 0.15) is 49.8 Å². The SMILES string of the molecule is Cc1ccc(-c2sc(NC(=O)C3CCCC3)nc2C)cc1S(=O)(=O)N1CCCC(CO)C1. The molecule has 1 aliphatic heterocycles. The second-order valence-electron chi connectivity index (χ2n) is 8.94. The van der Waals surface area contributed by atoms with Crippen molar-refractivity contribution in [2.45, 2.75) is 57.3 Å². The van der Waals surface area contributed by atoms with Crippen LogP contribution in [0.5, 0.6) is 0 Å². The first-order valence-electron chi connectivity index (χ1n) is 11.3. The molecule has 1 aromatic heterocycles. The van der Waals surface area contributed by atoms with Gasteiger partial charge in [-0.05, 0) is 62.6 Å². The number of nitrogens with one attached hydrogen (secondary N) is 1. The van der Waals surface area contributed by atoms with Crippen LogP contribution in [0, 0.1) is 25.7 Å². The summed E-state index contributed by atoms with van der Waals surface area (Å²) in [4.78, 5) is 18.2. The molecule has 1 amide bonds. The number of benzene rings is 1. The molecule has 2 aliphatic rings. The fourth-order valence-electron chi connectivity index (χ4n) is 4.67. The molecule has 2 N–H and O–H groups in total. The van der Waals surface area contributed by atoms with E-state index in [1.807, 2.05) is 19.1 Å². The molecule has 2 aromatic rings. The van der Waals surface area contributed by atoms with Crippen molar-refractivity contribution in [3.63, 3.8) is 0 Å². The summed E-state index contributed by atoms with van der Waals surface area (Å²) in [5.41, 5.74) is 2.24. The van der Waals surface area contributed by atoms with Gasteiger partial charge in [-0.2, -0.15) is 4.31 Å². The van der Waals surface area contributed by atoms with E-state index < -0.39 is 10.0 Å². The predicted octanol–water partition coefficient (Wildman–Crippen LogP) is 3.95. The molecule has 32 heavy (non-hydrogen) atoms. The third-order valence-electron chi connectivity index (χ3n) is 6.56. The Morgan fingerprint density at radius 1 is 1.22 bits per heavy atom. The molecule has 1 atom stereocenters. The van der Waals surface area contributed by atoms with Crippen molar-refractivity contribution in [2.75, 3.05) is 25.0 Å². The highest BCUT2D eigenvalue weighted by molar-refractivity contribution is 7.89. The van der Waals surface area contributed by atoms with Crippen molar-refractivity contribution < 1.29 is 18.3 Å². The average Bonchev–Trinajstić information content (AvgIpc) is 3.44. The van der Waals surface area contributed by atoms with Gasteiger partial charge in [0.2, 0.25) is 15.9 Å². The fourth-order valence-corrected chi connectivity index (χ4v) is 7.44. The molecule has 1 saturated heterocycles. The number of aliphatic hydroxyl groups excluding tert-OH is 1. The zero-order valence-corrected chi connectivity index (χ0v) is 20.3. The summed E-state index contributed by atoms with van der Waals surface area (Å²) in [5.74, 6) is 0.0707.